The number of anilines is 1. The van der Waals surface area contributed by atoms with Crippen molar-refractivity contribution in [3.63, 3.8) is 0 Å². The van der Waals surface area contributed by atoms with Crippen LogP contribution in [-0.2, 0) is 13.2 Å². The summed E-state index contributed by atoms with van der Waals surface area (Å²) >= 11 is 6.14. The Morgan fingerprint density at radius 2 is 2.12 bits per heavy atom. The van der Waals surface area contributed by atoms with Crippen molar-refractivity contribution in [2.45, 2.75) is 33.9 Å². The molecule has 1 aromatic carbocycles. The maximum Gasteiger partial charge on any atom is 0.291 e. The Hall–Kier alpha value is -2.73. The van der Waals surface area contributed by atoms with Crippen LogP contribution in [0.1, 0.15) is 34.5 Å². The van der Waals surface area contributed by atoms with Gasteiger partial charge in [-0.1, -0.05) is 23.7 Å². The average Bonchev–Trinajstić information content (AvgIpc) is 3.22. The number of para-hydroxylation sites is 1. The lowest BCUT2D eigenvalue weighted by molar-refractivity contribution is 0.0992. The second kappa shape index (κ2) is 7.66. The molecule has 0 aliphatic rings. The van der Waals surface area contributed by atoms with Gasteiger partial charge in [0.25, 0.3) is 5.91 Å². The molecular formula is C19H20ClN3O3. The first-order valence-electron chi connectivity index (χ1n) is 8.30. The molecule has 0 aliphatic heterocycles. The van der Waals surface area contributed by atoms with E-state index in [1.165, 1.54) is 0 Å². The fraction of sp³-hybridized carbons (Fsp3) is 0.263. The van der Waals surface area contributed by atoms with Crippen molar-refractivity contribution in [2.24, 2.45) is 0 Å². The monoisotopic (exact) mass is 373 g/mol. The molecule has 0 saturated heterocycles. The number of benzene rings is 1. The fourth-order valence-electron chi connectivity index (χ4n) is 2.59. The van der Waals surface area contributed by atoms with Crippen LogP contribution in [0.4, 0.5) is 5.69 Å². The highest BCUT2D eigenvalue weighted by Crippen LogP contribution is 2.28. The summed E-state index contributed by atoms with van der Waals surface area (Å²) in [7, 11) is 0. The molecule has 1 amide bonds. The maximum atomic E-state index is 12.4. The van der Waals surface area contributed by atoms with Crippen LogP contribution in [0.3, 0.4) is 0 Å². The largest absolute Gasteiger partial charge is 0.484 e. The Balaban J connectivity index is 1.65. The van der Waals surface area contributed by atoms with Gasteiger partial charge in [0.2, 0.25) is 0 Å². The average molecular weight is 374 g/mol. The van der Waals surface area contributed by atoms with Gasteiger partial charge in [0, 0.05) is 6.54 Å². The smallest absolute Gasteiger partial charge is 0.291 e. The van der Waals surface area contributed by atoms with Gasteiger partial charge in [-0.05, 0) is 44.5 Å². The van der Waals surface area contributed by atoms with Crippen molar-refractivity contribution in [1.82, 2.24) is 9.78 Å². The lowest BCUT2D eigenvalue weighted by atomic mass is 10.2. The highest BCUT2D eigenvalue weighted by atomic mass is 35.5. The molecule has 0 bridgehead atoms. The number of nitrogens with one attached hydrogen (secondary N) is 1. The van der Waals surface area contributed by atoms with Crippen LogP contribution in [0.25, 0.3) is 0 Å². The minimum absolute atomic E-state index is 0.185. The van der Waals surface area contributed by atoms with Crippen molar-refractivity contribution in [2.75, 3.05) is 5.32 Å². The van der Waals surface area contributed by atoms with E-state index in [2.05, 4.69) is 10.4 Å². The molecule has 0 fully saturated rings. The van der Waals surface area contributed by atoms with Crippen LogP contribution in [-0.4, -0.2) is 15.7 Å². The van der Waals surface area contributed by atoms with Crippen molar-refractivity contribution in [3.05, 3.63) is 64.3 Å². The molecule has 0 radical (unpaired) electrons. The molecule has 26 heavy (non-hydrogen) atoms. The zero-order valence-electron chi connectivity index (χ0n) is 14.9. The first-order chi connectivity index (χ1) is 12.5. The number of hydrogen-bond acceptors (Lipinski definition) is 4. The molecule has 2 aromatic heterocycles. The maximum absolute atomic E-state index is 12.4. The number of ether oxygens (including phenoxy) is 1. The van der Waals surface area contributed by atoms with E-state index in [0.717, 1.165) is 17.8 Å². The fourth-order valence-corrected chi connectivity index (χ4v) is 2.87. The van der Waals surface area contributed by atoms with Gasteiger partial charge in [-0.3, -0.25) is 9.48 Å². The molecule has 3 rings (SSSR count). The van der Waals surface area contributed by atoms with Gasteiger partial charge in [-0.15, -0.1) is 0 Å². The summed E-state index contributed by atoms with van der Waals surface area (Å²) in [6.07, 6.45) is 1.63. The summed E-state index contributed by atoms with van der Waals surface area (Å²) in [5.41, 5.74) is 2.49. The molecule has 1 N–H and O–H groups in total. The van der Waals surface area contributed by atoms with Crippen LogP contribution >= 0.6 is 11.6 Å². The van der Waals surface area contributed by atoms with Crippen molar-refractivity contribution >= 4 is 23.2 Å². The van der Waals surface area contributed by atoms with Gasteiger partial charge in [0.1, 0.15) is 18.1 Å². The number of hydrogen-bond donors (Lipinski definition) is 1. The molecule has 0 spiro atoms. The third kappa shape index (κ3) is 3.75. The van der Waals surface area contributed by atoms with E-state index < -0.39 is 0 Å². The summed E-state index contributed by atoms with van der Waals surface area (Å²) < 4.78 is 13.1. The second-order valence-electron chi connectivity index (χ2n) is 5.85. The number of furan rings is 1. The normalized spacial score (nSPS) is 10.8. The Bertz CT molecular complexity index is 910. The van der Waals surface area contributed by atoms with E-state index in [9.17, 15) is 4.79 Å². The molecule has 3 aromatic rings. The van der Waals surface area contributed by atoms with Gasteiger partial charge >= 0.3 is 0 Å². The predicted molar refractivity (Wildman–Crippen MR) is 99.8 cm³/mol. The Labute approximate surface area is 156 Å². The molecule has 0 aliphatic carbocycles. The molecular weight excluding hydrogens is 354 g/mol. The third-order valence-corrected chi connectivity index (χ3v) is 4.36. The van der Waals surface area contributed by atoms with Gasteiger partial charge in [-0.2, -0.15) is 5.10 Å². The highest BCUT2D eigenvalue weighted by Gasteiger charge is 2.15. The zero-order valence-corrected chi connectivity index (χ0v) is 15.6. The SMILES string of the molecule is CCn1ncc(NC(=O)c2ccc(COc3c(C)cccc3Cl)o2)c1C. The first-order valence-corrected chi connectivity index (χ1v) is 8.67. The van der Waals surface area contributed by atoms with Crippen LogP contribution in [0.15, 0.2) is 40.9 Å². The van der Waals surface area contributed by atoms with Crippen LogP contribution in [0, 0.1) is 13.8 Å². The number of amides is 1. The summed E-state index contributed by atoms with van der Waals surface area (Å²) in [5.74, 6) is 1.03. The summed E-state index contributed by atoms with van der Waals surface area (Å²) in [4.78, 5) is 12.4. The number of aromatic nitrogens is 2. The molecule has 0 atom stereocenters. The number of halogens is 1. The minimum atomic E-state index is -0.330. The molecule has 7 heteroatoms. The van der Waals surface area contributed by atoms with E-state index in [0.29, 0.717) is 22.2 Å². The van der Waals surface area contributed by atoms with E-state index in [1.54, 1.807) is 24.4 Å². The van der Waals surface area contributed by atoms with E-state index >= 15 is 0 Å². The van der Waals surface area contributed by atoms with Crippen molar-refractivity contribution in [3.8, 4) is 5.75 Å². The quantitative estimate of drug-likeness (QED) is 0.685. The molecule has 6 nitrogen and oxygen atoms in total. The minimum Gasteiger partial charge on any atom is -0.484 e. The first kappa shape index (κ1) is 18.1. The number of carbonyl (C=O) groups is 1. The topological polar surface area (TPSA) is 69.3 Å². The van der Waals surface area contributed by atoms with Gasteiger partial charge in [0.05, 0.1) is 22.6 Å². The van der Waals surface area contributed by atoms with E-state index in [4.69, 9.17) is 20.8 Å². The Kier molecular flexibility index (Phi) is 5.32. The van der Waals surface area contributed by atoms with Crippen molar-refractivity contribution in [1.29, 1.82) is 0 Å². The van der Waals surface area contributed by atoms with Crippen LogP contribution in [0.5, 0.6) is 5.75 Å². The van der Waals surface area contributed by atoms with Gasteiger partial charge in [-0.25, -0.2) is 0 Å². The Morgan fingerprint density at radius 1 is 1.31 bits per heavy atom. The van der Waals surface area contributed by atoms with Crippen LogP contribution < -0.4 is 10.1 Å². The molecule has 0 saturated carbocycles. The van der Waals surface area contributed by atoms with E-state index in [1.807, 2.05) is 37.6 Å². The molecule has 0 unspecified atom stereocenters. The Morgan fingerprint density at radius 3 is 2.81 bits per heavy atom. The lowest BCUT2D eigenvalue weighted by Crippen LogP contribution is -2.11. The second-order valence-corrected chi connectivity index (χ2v) is 6.26. The number of aryl methyl sites for hydroxylation is 2. The zero-order chi connectivity index (χ0) is 18.7. The lowest BCUT2D eigenvalue weighted by Gasteiger charge is -2.09. The third-order valence-electron chi connectivity index (χ3n) is 4.06. The molecule has 2 heterocycles. The van der Waals surface area contributed by atoms with Gasteiger partial charge in [0.15, 0.2) is 5.76 Å². The highest BCUT2D eigenvalue weighted by molar-refractivity contribution is 6.32. The van der Waals surface area contributed by atoms with Crippen LogP contribution in [0.2, 0.25) is 5.02 Å². The number of carbonyl (C=O) groups excluding carboxylic acids is 1. The number of nitrogens with zero attached hydrogens (tertiary/aromatic N) is 2. The summed E-state index contributed by atoms with van der Waals surface area (Å²) in [6, 6.07) is 8.88. The van der Waals surface area contributed by atoms with Crippen molar-refractivity contribution < 1.29 is 13.9 Å². The standard InChI is InChI=1S/C19H20ClN3O3/c1-4-23-13(3)16(10-21-23)22-19(24)17-9-8-14(26-17)11-25-18-12(2)6-5-7-15(18)20/h5-10H,4,11H2,1-3H3,(H,22,24). The van der Waals surface area contributed by atoms with Gasteiger partial charge < -0.3 is 14.5 Å². The summed E-state index contributed by atoms with van der Waals surface area (Å²) in [5, 5.41) is 7.55. The van der Waals surface area contributed by atoms with E-state index in [-0.39, 0.29) is 18.3 Å². The number of rotatable bonds is 6. The molecule has 136 valence electrons. The predicted octanol–water partition coefficient (Wildman–Crippen LogP) is 4.60. The summed E-state index contributed by atoms with van der Waals surface area (Å²) in [6.45, 7) is 6.74.